The lowest BCUT2D eigenvalue weighted by atomic mass is 9.80. The highest BCUT2D eigenvalue weighted by Crippen LogP contribution is 1.98. The van der Waals surface area contributed by atoms with Gasteiger partial charge in [0.25, 0.3) is 0 Å². The first kappa shape index (κ1) is 10.2. The summed E-state index contributed by atoms with van der Waals surface area (Å²) >= 11 is 0. The highest BCUT2D eigenvalue weighted by molar-refractivity contribution is 6.58. The second kappa shape index (κ2) is 4.99. The third kappa shape index (κ3) is 3.16. The van der Waals surface area contributed by atoms with Crippen molar-refractivity contribution in [1.82, 2.24) is 5.48 Å². The average Bonchev–Trinajstić information content (AvgIpc) is 2.15. The minimum absolute atomic E-state index is 0.400. The summed E-state index contributed by atoms with van der Waals surface area (Å²) in [6.07, 6.45) is 0. The standard InChI is InChI=1S/C8H12BNO3/c1-10-13-6-7-3-2-4-8(5-7)9(11)12/h2-5,10-12H,6H2,1H3. The SMILES string of the molecule is CNOCc1cccc(B(O)O)c1. The van der Waals surface area contributed by atoms with Gasteiger partial charge in [-0.1, -0.05) is 24.3 Å². The van der Waals surface area contributed by atoms with Gasteiger partial charge in [-0.15, -0.1) is 0 Å². The Hall–Kier alpha value is -0.875. The molecular weight excluding hydrogens is 169 g/mol. The van der Waals surface area contributed by atoms with Gasteiger partial charge in [0.05, 0.1) is 6.61 Å². The molecule has 0 radical (unpaired) electrons. The van der Waals surface area contributed by atoms with Gasteiger partial charge in [0, 0.05) is 7.05 Å². The number of nitrogens with one attached hydrogen (secondary N) is 1. The zero-order valence-electron chi connectivity index (χ0n) is 7.40. The van der Waals surface area contributed by atoms with E-state index in [0.29, 0.717) is 12.1 Å². The molecule has 1 aromatic carbocycles. The molecule has 1 rings (SSSR count). The Morgan fingerprint density at radius 2 is 2.23 bits per heavy atom. The summed E-state index contributed by atoms with van der Waals surface area (Å²) < 4.78 is 0. The molecule has 4 nitrogen and oxygen atoms in total. The maximum absolute atomic E-state index is 8.87. The summed E-state index contributed by atoms with van der Waals surface area (Å²) in [7, 11) is 0.250. The summed E-state index contributed by atoms with van der Waals surface area (Å²) in [5, 5.41) is 17.7. The summed E-state index contributed by atoms with van der Waals surface area (Å²) in [5.74, 6) is 0. The second-order valence-electron chi connectivity index (χ2n) is 2.61. The van der Waals surface area contributed by atoms with Gasteiger partial charge in [0.15, 0.2) is 0 Å². The Morgan fingerprint density at radius 3 is 2.85 bits per heavy atom. The van der Waals surface area contributed by atoms with Gasteiger partial charge in [-0.3, -0.25) is 4.84 Å². The Morgan fingerprint density at radius 1 is 1.46 bits per heavy atom. The van der Waals surface area contributed by atoms with Crippen LogP contribution in [0.3, 0.4) is 0 Å². The quantitative estimate of drug-likeness (QED) is 0.412. The van der Waals surface area contributed by atoms with Crippen molar-refractivity contribution in [3.05, 3.63) is 29.8 Å². The van der Waals surface area contributed by atoms with Crippen molar-refractivity contribution in [2.24, 2.45) is 0 Å². The molecule has 0 heterocycles. The molecule has 13 heavy (non-hydrogen) atoms. The summed E-state index contributed by atoms with van der Waals surface area (Å²) in [6.45, 7) is 0.400. The maximum Gasteiger partial charge on any atom is 0.488 e. The van der Waals surface area contributed by atoms with E-state index in [4.69, 9.17) is 14.9 Å². The lowest BCUT2D eigenvalue weighted by Gasteiger charge is -2.04. The molecule has 0 spiro atoms. The molecular formula is C8H12BNO3. The summed E-state index contributed by atoms with van der Waals surface area (Å²) in [5.41, 5.74) is 3.90. The third-order valence-corrected chi connectivity index (χ3v) is 1.63. The lowest BCUT2D eigenvalue weighted by Crippen LogP contribution is -2.30. The largest absolute Gasteiger partial charge is 0.488 e. The zero-order chi connectivity index (χ0) is 9.68. The van der Waals surface area contributed by atoms with Crippen LogP contribution in [0.2, 0.25) is 0 Å². The maximum atomic E-state index is 8.87. The van der Waals surface area contributed by atoms with Crippen LogP contribution in [0.4, 0.5) is 0 Å². The normalized spacial score (nSPS) is 10.1. The molecule has 0 unspecified atom stereocenters. The first-order chi connectivity index (χ1) is 6.24. The molecule has 70 valence electrons. The van der Waals surface area contributed by atoms with Crippen molar-refractivity contribution >= 4 is 12.6 Å². The minimum atomic E-state index is -1.42. The predicted octanol–water partition coefficient (Wildman–Crippen LogP) is -0.983. The zero-order valence-corrected chi connectivity index (χ0v) is 7.40. The van der Waals surface area contributed by atoms with Crippen molar-refractivity contribution in [2.75, 3.05) is 7.05 Å². The van der Waals surface area contributed by atoms with Gasteiger partial charge >= 0.3 is 7.12 Å². The second-order valence-corrected chi connectivity index (χ2v) is 2.61. The van der Waals surface area contributed by atoms with Crippen molar-refractivity contribution in [3.8, 4) is 0 Å². The van der Waals surface area contributed by atoms with Gasteiger partial charge in [-0.25, -0.2) is 5.48 Å². The van der Waals surface area contributed by atoms with Crippen LogP contribution < -0.4 is 10.9 Å². The Bertz CT molecular complexity index is 267. The number of rotatable bonds is 4. The van der Waals surface area contributed by atoms with E-state index in [2.05, 4.69) is 5.48 Å². The van der Waals surface area contributed by atoms with E-state index in [-0.39, 0.29) is 0 Å². The van der Waals surface area contributed by atoms with Crippen LogP contribution in [0.5, 0.6) is 0 Å². The number of hydrogen-bond donors (Lipinski definition) is 3. The fourth-order valence-corrected chi connectivity index (χ4v) is 0.999. The minimum Gasteiger partial charge on any atom is -0.423 e. The first-order valence-electron chi connectivity index (χ1n) is 3.97. The number of hydroxylamine groups is 1. The summed E-state index contributed by atoms with van der Waals surface area (Å²) in [6, 6.07) is 6.93. The van der Waals surface area contributed by atoms with Gasteiger partial charge < -0.3 is 10.0 Å². The topological polar surface area (TPSA) is 61.7 Å². The average molecular weight is 181 g/mol. The molecule has 0 fully saturated rings. The van der Waals surface area contributed by atoms with Crippen LogP contribution in [0, 0.1) is 0 Å². The molecule has 0 amide bonds. The number of benzene rings is 1. The smallest absolute Gasteiger partial charge is 0.423 e. The van der Waals surface area contributed by atoms with Gasteiger partial charge in [-0.05, 0) is 11.0 Å². The van der Waals surface area contributed by atoms with Crippen molar-refractivity contribution in [3.63, 3.8) is 0 Å². The molecule has 5 heteroatoms. The van der Waals surface area contributed by atoms with Crippen molar-refractivity contribution in [2.45, 2.75) is 6.61 Å². The first-order valence-corrected chi connectivity index (χ1v) is 3.97. The molecule has 3 N–H and O–H groups in total. The van der Waals surface area contributed by atoms with E-state index in [1.165, 1.54) is 0 Å². The molecule has 0 aromatic heterocycles. The molecule has 0 saturated carbocycles. The van der Waals surface area contributed by atoms with Crippen LogP contribution >= 0.6 is 0 Å². The highest BCUT2D eigenvalue weighted by Gasteiger charge is 2.10. The Kier molecular flexibility index (Phi) is 3.91. The Balaban J connectivity index is 2.68. The molecule has 0 aliphatic rings. The highest BCUT2D eigenvalue weighted by atomic mass is 16.6. The predicted molar refractivity (Wildman–Crippen MR) is 50.1 cm³/mol. The van der Waals surface area contributed by atoms with Gasteiger partial charge in [0.1, 0.15) is 0 Å². The molecule has 0 atom stereocenters. The third-order valence-electron chi connectivity index (χ3n) is 1.63. The van der Waals surface area contributed by atoms with Crippen LogP contribution in [0.1, 0.15) is 5.56 Å². The van der Waals surface area contributed by atoms with Gasteiger partial charge in [0.2, 0.25) is 0 Å². The molecule has 0 bridgehead atoms. The van der Waals surface area contributed by atoms with Crippen LogP contribution in [-0.2, 0) is 11.4 Å². The fraction of sp³-hybridized carbons (Fsp3) is 0.250. The Labute approximate surface area is 77.3 Å². The lowest BCUT2D eigenvalue weighted by molar-refractivity contribution is 0.0445. The van der Waals surface area contributed by atoms with Crippen molar-refractivity contribution < 1.29 is 14.9 Å². The molecule has 0 aliphatic carbocycles. The van der Waals surface area contributed by atoms with Crippen molar-refractivity contribution in [1.29, 1.82) is 0 Å². The van der Waals surface area contributed by atoms with E-state index in [9.17, 15) is 0 Å². The van der Waals surface area contributed by atoms with E-state index < -0.39 is 7.12 Å². The van der Waals surface area contributed by atoms with Crippen LogP contribution in [0.15, 0.2) is 24.3 Å². The number of hydrogen-bond acceptors (Lipinski definition) is 4. The van der Waals surface area contributed by atoms with Crippen LogP contribution in [0.25, 0.3) is 0 Å². The molecule has 1 aromatic rings. The van der Waals surface area contributed by atoms with E-state index in [0.717, 1.165) is 5.56 Å². The van der Waals surface area contributed by atoms with E-state index >= 15 is 0 Å². The summed E-state index contributed by atoms with van der Waals surface area (Å²) in [4.78, 5) is 4.94. The monoisotopic (exact) mass is 181 g/mol. The fourth-order valence-electron chi connectivity index (χ4n) is 0.999. The van der Waals surface area contributed by atoms with Gasteiger partial charge in [-0.2, -0.15) is 0 Å². The molecule has 0 aliphatic heterocycles. The van der Waals surface area contributed by atoms with E-state index in [1.54, 1.807) is 25.2 Å². The van der Waals surface area contributed by atoms with Crippen LogP contribution in [-0.4, -0.2) is 24.2 Å². The van der Waals surface area contributed by atoms with E-state index in [1.807, 2.05) is 6.07 Å². The molecule has 0 saturated heterocycles.